The van der Waals surface area contributed by atoms with Crippen molar-refractivity contribution in [2.24, 2.45) is 0 Å². The summed E-state index contributed by atoms with van der Waals surface area (Å²) in [6.07, 6.45) is -3.58. The third-order valence-corrected chi connectivity index (χ3v) is 7.49. The van der Waals surface area contributed by atoms with Crippen LogP contribution in [0.25, 0.3) is 6.08 Å². The van der Waals surface area contributed by atoms with Crippen molar-refractivity contribution in [1.29, 1.82) is 0 Å². The highest BCUT2D eigenvalue weighted by molar-refractivity contribution is 14.1. The van der Waals surface area contributed by atoms with Crippen LogP contribution in [0.1, 0.15) is 23.6 Å². The number of nitrogens with zero attached hydrogens (tertiary/aromatic N) is 1. The second kappa shape index (κ2) is 12.5. The number of halogens is 7. The third-order valence-electron chi connectivity index (χ3n) is 5.63. The highest BCUT2D eigenvalue weighted by Gasteiger charge is 2.39. The van der Waals surface area contributed by atoms with Crippen LogP contribution in [0.5, 0.6) is 11.5 Å². The van der Waals surface area contributed by atoms with Gasteiger partial charge in [-0.25, -0.2) is 9.69 Å². The van der Waals surface area contributed by atoms with Crippen molar-refractivity contribution in [3.05, 3.63) is 89.4 Å². The SMILES string of the molecule is CCOc1cc(/C=C2\C(=O)NC(=O)N(c3cc(C(F)(F)F)ccc3Cl)C2=O)cc(I)c1OCc1ccc(Cl)c(Cl)c1. The van der Waals surface area contributed by atoms with Gasteiger partial charge in [0.2, 0.25) is 0 Å². The molecule has 41 heavy (non-hydrogen) atoms. The summed E-state index contributed by atoms with van der Waals surface area (Å²) in [4.78, 5) is 38.9. The molecule has 1 aliphatic rings. The first-order valence-corrected chi connectivity index (χ1v) is 13.8. The Bertz CT molecular complexity index is 1600. The molecule has 7 nitrogen and oxygen atoms in total. The molecule has 3 aromatic rings. The number of carbonyl (C=O) groups is 3. The topological polar surface area (TPSA) is 84.9 Å². The Labute approximate surface area is 260 Å². The molecule has 4 amide bonds. The average molecular weight is 740 g/mol. The lowest BCUT2D eigenvalue weighted by molar-refractivity contribution is -0.137. The van der Waals surface area contributed by atoms with E-state index in [-0.39, 0.29) is 18.2 Å². The molecule has 214 valence electrons. The fourth-order valence-electron chi connectivity index (χ4n) is 3.76. The van der Waals surface area contributed by atoms with E-state index in [0.717, 1.165) is 11.6 Å². The van der Waals surface area contributed by atoms with Gasteiger partial charge in [0, 0.05) is 0 Å². The van der Waals surface area contributed by atoms with Crippen LogP contribution in [-0.4, -0.2) is 24.5 Å². The molecule has 1 heterocycles. The van der Waals surface area contributed by atoms with Crippen molar-refractivity contribution in [1.82, 2.24) is 5.32 Å². The predicted molar refractivity (Wildman–Crippen MR) is 157 cm³/mol. The van der Waals surface area contributed by atoms with Gasteiger partial charge in [0.1, 0.15) is 12.2 Å². The molecule has 3 aromatic carbocycles. The number of nitrogens with one attached hydrogen (secondary N) is 1. The Morgan fingerprint density at radius 3 is 2.32 bits per heavy atom. The fraction of sp³-hybridized carbons (Fsp3) is 0.148. The first kappa shape index (κ1) is 30.9. The van der Waals surface area contributed by atoms with E-state index in [9.17, 15) is 27.6 Å². The van der Waals surface area contributed by atoms with Crippen molar-refractivity contribution in [3.8, 4) is 11.5 Å². The summed E-state index contributed by atoms with van der Waals surface area (Å²) in [7, 11) is 0. The van der Waals surface area contributed by atoms with E-state index >= 15 is 0 Å². The molecule has 1 aliphatic heterocycles. The Balaban J connectivity index is 1.69. The summed E-state index contributed by atoms with van der Waals surface area (Å²) in [6.45, 7) is 2.14. The highest BCUT2D eigenvalue weighted by Crippen LogP contribution is 2.38. The molecule has 0 bridgehead atoms. The lowest BCUT2D eigenvalue weighted by Crippen LogP contribution is -2.54. The van der Waals surface area contributed by atoms with E-state index in [2.05, 4.69) is 0 Å². The van der Waals surface area contributed by atoms with Crippen molar-refractivity contribution in [2.45, 2.75) is 19.7 Å². The minimum atomic E-state index is -4.76. The van der Waals surface area contributed by atoms with Crippen molar-refractivity contribution in [3.63, 3.8) is 0 Å². The molecular formula is C27H17Cl3F3IN2O5. The summed E-state index contributed by atoms with van der Waals surface area (Å²) < 4.78 is 52.1. The Morgan fingerprint density at radius 1 is 0.951 bits per heavy atom. The Hall–Kier alpha value is -3.00. The van der Waals surface area contributed by atoms with Crippen LogP contribution in [0.3, 0.4) is 0 Å². The second-order valence-corrected chi connectivity index (χ2v) is 10.8. The number of hydrogen-bond donors (Lipinski definition) is 1. The van der Waals surface area contributed by atoms with Gasteiger partial charge in [-0.05, 0) is 89.2 Å². The van der Waals surface area contributed by atoms with Gasteiger partial charge in [0.05, 0.1) is 36.5 Å². The average Bonchev–Trinajstić information content (AvgIpc) is 2.88. The number of imide groups is 2. The van der Waals surface area contributed by atoms with Crippen LogP contribution in [-0.2, 0) is 22.4 Å². The van der Waals surface area contributed by atoms with Crippen molar-refractivity contribution < 1.29 is 37.0 Å². The molecule has 1 saturated heterocycles. The molecule has 1 fully saturated rings. The summed E-state index contributed by atoms with van der Waals surface area (Å²) in [5.41, 5.74) is -1.11. The standard InChI is InChI=1S/C27H17Cl3F3IN2O5/c1-2-40-22-10-14(9-20(34)23(22)41-12-13-3-5-17(28)19(30)8-13)7-16-24(37)35-26(39)36(25(16)38)21-11-15(27(31,32)33)4-6-18(21)29/h3-11H,2,12H2,1H3,(H,35,37,39)/b16-7+. The van der Waals surface area contributed by atoms with Crippen LogP contribution < -0.4 is 19.7 Å². The van der Waals surface area contributed by atoms with Gasteiger partial charge in [-0.15, -0.1) is 0 Å². The summed E-state index contributed by atoms with van der Waals surface area (Å²) in [5.74, 6) is -1.52. The molecule has 0 spiro atoms. The highest BCUT2D eigenvalue weighted by atomic mass is 127. The van der Waals surface area contributed by atoms with Crippen LogP contribution >= 0.6 is 57.4 Å². The largest absolute Gasteiger partial charge is 0.490 e. The molecule has 0 aliphatic carbocycles. The van der Waals surface area contributed by atoms with E-state index in [4.69, 9.17) is 44.3 Å². The number of alkyl halides is 3. The van der Waals surface area contributed by atoms with Gasteiger partial charge in [-0.2, -0.15) is 13.2 Å². The van der Waals surface area contributed by atoms with E-state index < -0.39 is 40.8 Å². The van der Waals surface area contributed by atoms with Crippen molar-refractivity contribution >= 4 is 87.0 Å². The van der Waals surface area contributed by atoms with E-state index in [1.807, 2.05) is 27.9 Å². The number of barbiturate groups is 1. The Kier molecular flexibility index (Phi) is 9.42. The molecule has 14 heteroatoms. The first-order chi connectivity index (χ1) is 19.3. The quantitative estimate of drug-likeness (QED) is 0.151. The third kappa shape index (κ3) is 6.91. The number of anilines is 1. The molecule has 0 unspecified atom stereocenters. The second-order valence-electron chi connectivity index (χ2n) is 8.42. The Morgan fingerprint density at radius 2 is 1.66 bits per heavy atom. The maximum atomic E-state index is 13.3. The predicted octanol–water partition coefficient (Wildman–Crippen LogP) is 7.91. The first-order valence-electron chi connectivity index (χ1n) is 11.6. The fourth-order valence-corrected chi connectivity index (χ4v) is 5.07. The maximum Gasteiger partial charge on any atom is 0.416 e. The summed E-state index contributed by atoms with van der Waals surface area (Å²) >= 11 is 20.1. The van der Waals surface area contributed by atoms with Gasteiger partial charge >= 0.3 is 12.2 Å². The van der Waals surface area contributed by atoms with Gasteiger partial charge in [-0.3, -0.25) is 14.9 Å². The summed E-state index contributed by atoms with van der Waals surface area (Å²) in [6, 6.07) is 9.09. The normalized spacial score (nSPS) is 14.9. The van der Waals surface area contributed by atoms with Crippen LogP contribution in [0, 0.1) is 3.57 Å². The molecular weight excluding hydrogens is 723 g/mol. The smallest absolute Gasteiger partial charge is 0.416 e. The number of amides is 4. The lowest BCUT2D eigenvalue weighted by Gasteiger charge is -2.27. The number of ether oxygens (including phenoxy) is 2. The zero-order valence-electron chi connectivity index (χ0n) is 20.7. The van der Waals surface area contributed by atoms with Gasteiger partial charge in [-0.1, -0.05) is 40.9 Å². The van der Waals surface area contributed by atoms with Crippen LogP contribution in [0.2, 0.25) is 15.1 Å². The monoisotopic (exact) mass is 738 g/mol. The van der Waals surface area contributed by atoms with Gasteiger partial charge in [0.25, 0.3) is 11.8 Å². The van der Waals surface area contributed by atoms with Crippen LogP contribution in [0.4, 0.5) is 23.7 Å². The van der Waals surface area contributed by atoms with Gasteiger partial charge < -0.3 is 9.47 Å². The summed E-state index contributed by atoms with van der Waals surface area (Å²) in [5, 5.41) is 2.43. The van der Waals surface area contributed by atoms with E-state index in [1.54, 1.807) is 31.2 Å². The lowest BCUT2D eigenvalue weighted by atomic mass is 10.1. The minimum absolute atomic E-state index is 0.128. The molecule has 0 aromatic heterocycles. The zero-order valence-corrected chi connectivity index (χ0v) is 25.2. The number of urea groups is 1. The maximum absolute atomic E-state index is 13.3. The van der Waals surface area contributed by atoms with Crippen LogP contribution in [0.15, 0.2) is 54.1 Å². The molecule has 0 radical (unpaired) electrons. The molecule has 0 atom stereocenters. The molecule has 4 rings (SSSR count). The van der Waals surface area contributed by atoms with Crippen molar-refractivity contribution in [2.75, 3.05) is 11.5 Å². The number of carbonyl (C=O) groups excluding carboxylic acids is 3. The minimum Gasteiger partial charge on any atom is -0.490 e. The van der Waals surface area contributed by atoms with E-state index in [1.165, 1.54) is 12.1 Å². The molecule has 1 N–H and O–H groups in total. The van der Waals surface area contributed by atoms with Gasteiger partial charge in [0.15, 0.2) is 11.5 Å². The van der Waals surface area contributed by atoms with E-state index in [0.29, 0.717) is 47.7 Å². The number of benzene rings is 3. The molecule has 0 saturated carbocycles. The number of hydrogen-bond acceptors (Lipinski definition) is 5. The number of rotatable bonds is 7. The zero-order chi connectivity index (χ0) is 30.1.